The first-order valence-corrected chi connectivity index (χ1v) is 5.89. The second-order valence-electron chi connectivity index (χ2n) is 3.71. The van der Waals surface area contributed by atoms with E-state index in [-0.39, 0.29) is 5.56 Å². The van der Waals surface area contributed by atoms with Crippen LogP contribution in [0.5, 0.6) is 0 Å². The predicted octanol–water partition coefficient (Wildman–Crippen LogP) is 1.07. The fraction of sp³-hybridized carbons (Fsp3) is 0.0833. The monoisotopic (exact) mass is 308 g/mol. The van der Waals surface area contributed by atoms with Crippen molar-refractivity contribution in [1.82, 2.24) is 9.55 Å². The smallest absolute Gasteiger partial charge is 0.313 e. The Morgan fingerprint density at radius 2 is 1.83 bits per heavy atom. The van der Waals surface area contributed by atoms with Gasteiger partial charge in [-0.25, -0.2) is 4.79 Å². The minimum Gasteiger partial charge on any atom is -0.313 e. The highest BCUT2D eigenvalue weighted by Crippen LogP contribution is 2.12. The van der Waals surface area contributed by atoms with E-state index in [1.54, 1.807) is 24.3 Å². The molecular weight excluding hydrogens is 300 g/mol. The van der Waals surface area contributed by atoms with Crippen LogP contribution in [0.25, 0.3) is 0 Å². The number of benzene rings is 1. The molecule has 0 aliphatic carbocycles. The summed E-state index contributed by atoms with van der Waals surface area (Å²) in [7, 11) is 1.32. The van der Waals surface area contributed by atoms with Crippen molar-refractivity contribution in [3.63, 3.8) is 0 Å². The molecule has 0 atom stereocenters. The SMILES string of the molecule is Cn1c(=O)[nH]cc(C(=O)c2ccc(Br)cc2)c1=O. The van der Waals surface area contributed by atoms with Crippen LogP contribution in [-0.2, 0) is 7.05 Å². The van der Waals surface area contributed by atoms with E-state index in [9.17, 15) is 14.4 Å². The maximum absolute atomic E-state index is 12.1. The molecule has 0 amide bonds. The number of aromatic nitrogens is 2. The van der Waals surface area contributed by atoms with E-state index >= 15 is 0 Å². The van der Waals surface area contributed by atoms with Crippen molar-refractivity contribution >= 4 is 21.7 Å². The predicted molar refractivity (Wildman–Crippen MR) is 69.9 cm³/mol. The molecule has 1 aromatic carbocycles. The third kappa shape index (κ3) is 2.19. The van der Waals surface area contributed by atoms with Crippen LogP contribution >= 0.6 is 15.9 Å². The minimum atomic E-state index is -0.605. The van der Waals surface area contributed by atoms with Crippen molar-refractivity contribution in [2.24, 2.45) is 7.05 Å². The maximum atomic E-state index is 12.1. The number of ketones is 1. The molecule has 1 heterocycles. The van der Waals surface area contributed by atoms with Gasteiger partial charge in [0.05, 0.1) is 0 Å². The van der Waals surface area contributed by atoms with Crippen molar-refractivity contribution in [3.05, 3.63) is 66.9 Å². The van der Waals surface area contributed by atoms with Gasteiger partial charge in [-0.1, -0.05) is 15.9 Å². The number of hydrogen-bond donors (Lipinski definition) is 1. The molecule has 0 fully saturated rings. The number of nitrogens with one attached hydrogen (secondary N) is 1. The number of halogens is 1. The highest BCUT2D eigenvalue weighted by Gasteiger charge is 2.14. The lowest BCUT2D eigenvalue weighted by atomic mass is 10.1. The summed E-state index contributed by atoms with van der Waals surface area (Å²) in [6, 6.07) is 6.64. The molecule has 0 aliphatic heterocycles. The molecule has 18 heavy (non-hydrogen) atoms. The lowest BCUT2D eigenvalue weighted by Gasteiger charge is -2.02. The van der Waals surface area contributed by atoms with Crippen LogP contribution in [0.4, 0.5) is 0 Å². The van der Waals surface area contributed by atoms with Gasteiger partial charge < -0.3 is 4.98 Å². The van der Waals surface area contributed by atoms with Crippen LogP contribution in [0.15, 0.2) is 44.5 Å². The van der Waals surface area contributed by atoms with Crippen LogP contribution < -0.4 is 11.2 Å². The van der Waals surface area contributed by atoms with Gasteiger partial charge >= 0.3 is 5.69 Å². The number of carbonyl (C=O) groups is 1. The normalized spacial score (nSPS) is 10.3. The third-order valence-corrected chi connectivity index (χ3v) is 3.06. The van der Waals surface area contributed by atoms with Crippen LogP contribution in [0, 0.1) is 0 Å². The molecule has 0 unspecified atom stereocenters. The Morgan fingerprint density at radius 1 is 1.22 bits per heavy atom. The highest BCUT2D eigenvalue weighted by molar-refractivity contribution is 9.10. The van der Waals surface area contributed by atoms with Crippen LogP contribution in [0.3, 0.4) is 0 Å². The standard InChI is InChI=1S/C12H9BrN2O3/c1-15-11(17)9(6-14-12(15)18)10(16)7-2-4-8(13)5-3-7/h2-6H,1H3,(H,14,18). The molecule has 2 rings (SSSR count). The van der Waals surface area contributed by atoms with Gasteiger partial charge in [0.2, 0.25) is 0 Å². The third-order valence-electron chi connectivity index (χ3n) is 2.53. The Balaban J connectivity index is 2.53. The molecule has 5 nitrogen and oxygen atoms in total. The fourth-order valence-electron chi connectivity index (χ4n) is 1.48. The summed E-state index contributed by atoms with van der Waals surface area (Å²) in [4.78, 5) is 37.4. The van der Waals surface area contributed by atoms with Crippen molar-refractivity contribution in [1.29, 1.82) is 0 Å². The zero-order valence-corrected chi connectivity index (χ0v) is 11.0. The van der Waals surface area contributed by atoms with Gasteiger partial charge in [0.15, 0.2) is 5.78 Å². The zero-order chi connectivity index (χ0) is 13.3. The molecule has 6 heteroatoms. The summed E-state index contributed by atoms with van der Waals surface area (Å²) in [5.41, 5.74) is -0.819. The Hall–Kier alpha value is -1.95. The van der Waals surface area contributed by atoms with Gasteiger partial charge in [-0.05, 0) is 24.3 Å². The average Bonchev–Trinajstić information content (AvgIpc) is 2.36. The molecule has 92 valence electrons. The van der Waals surface area contributed by atoms with E-state index in [0.717, 1.165) is 15.2 Å². The molecule has 2 aromatic rings. The van der Waals surface area contributed by atoms with E-state index in [1.165, 1.54) is 7.05 Å². The molecule has 0 bridgehead atoms. The van der Waals surface area contributed by atoms with Crippen LogP contribution in [0.1, 0.15) is 15.9 Å². The quantitative estimate of drug-likeness (QED) is 0.843. The number of hydrogen-bond acceptors (Lipinski definition) is 3. The van der Waals surface area contributed by atoms with E-state index < -0.39 is 17.0 Å². The van der Waals surface area contributed by atoms with Crippen molar-refractivity contribution in [2.75, 3.05) is 0 Å². The molecule has 0 aliphatic rings. The molecule has 0 saturated heterocycles. The summed E-state index contributed by atoms with van der Waals surface area (Å²) < 4.78 is 1.71. The topological polar surface area (TPSA) is 71.9 Å². The van der Waals surface area contributed by atoms with Crippen LogP contribution in [-0.4, -0.2) is 15.3 Å². The highest BCUT2D eigenvalue weighted by atomic mass is 79.9. The Morgan fingerprint density at radius 3 is 2.44 bits per heavy atom. The van der Waals surface area contributed by atoms with E-state index in [4.69, 9.17) is 0 Å². The Kier molecular flexibility index (Phi) is 3.29. The van der Waals surface area contributed by atoms with Gasteiger partial charge in [-0.3, -0.25) is 14.2 Å². The average molecular weight is 309 g/mol. The zero-order valence-electron chi connectivity index (χ0n) is 9.44. The summed E-state index contributed by atoms with van der Waals surface area (Å²) in [6.07, 6.45) is 1.15. The van der Waals surface area contributed by atoms with Crippen LogP contribution in [0.2, 0.25) is 0 Å². The largest absolute Gasteiger partial charge is 0.328 e. The molecule has 1 N–H and O–H groups in total. The minimum absolute atomic E-state index is 0.0561. The lowest BCUT2D eigenvalue weighted by molar-refractivity contribution is 0.103. The van der Waals surface area contributed by atoms with Gasteiger partial charge in [-0.15, -0.1) is 0 Å². The summed E-state index contributed by atoms with van der Waals surface area (Å²) in [6.45, 7) is 0. The lowest BCUT2D eigenvalue weighted by Crippen LogP contribution is -2.35. The summed E-state index contributed by atoms with van der Waals surface area (Å²) in [5.74, 6) is -0.417. The van der Waals surface area contributed by atoms with Gasteiger partial charge in [0.1, 0.15) is 5.56 Å². The second-order valence-corrected chi connectivity index (χ2v) is 4.62. The Bertz CT molecular complexity index is 713. The van der Waals surface area contributed by atoms with Gasteiger partial charge in [-0.2, -0.15) is 0 Å². The molecular formula is C12H9BrN2O3. The van der Waals surface area contributed by atoms with E-state index in [2.05, 4.69) is 20.9 Å². The van der Waals surface area contributed by atoms with Crippen molar-refractivity contribution in [3.8, 4) is 0 Å². The first-order chi connectivity index (χ1) is 8.50. The summed E-state index contributed by atoms with van der Waals surface area (Å²) in [5, 5.41) is 0. The van der Waals surface area contributed by atoms with Gasteiger partial charge in [0, 0.05) is 23.3 Å². The first kappa shape index (κ1) is 12.5. The van der Waals surface area contributed by atoms with Crippen molar-refractivity contribution in [2.45, 2.75) is 0 Å². The summed E-state index contributed by atoms with van der Waals surface area (Å²) >= 11 is 3.26. The molecule has 0 saturated carbocycles. The van der Waals surface area contributed by atoms with Crippen molar-refractivity contribution < 1.29 is 4.79 Å². The van der Waals surface area contributed by atoms with E-state index in [0.29, 0.717) is 5.56 Å². The number of carbonyl (C=O) groups excluding carboxylic acids is 1. The second kappa shape index (κ2) is 4.73. The number of H-pyrrole nitrogens is 1. The Labute approximate surface area is 110 Å². The number of nitrogens with zero attached hydrogens (tertiary/aromatic N) is 1. The number of rotatable bonds is 2. The first-order valence-electron chi connectivity index (χ1n) is 5.09. The van der Waals surface area contributed by atoms with E-state index in [1.807, 2.05) is 0 Å². The number of aromatic amines is 1. The molecule has 1 aromatic heterocycles. The maximum Gasteiger partial charge on any atom is 0.328 e. The molecule has 0 spiro atoms. The fourth-order valence-corrected chi connectivity index (χ4v) is 1.75. The molecule has 0 radical (unpaired) electrons. The van der Waals surface area contributed by atoms with Gasteiger partial charge in [0.25, 0.3) is 5.56 Å².